The van der Waals surface area contributed by atoms with E-state index < -0.39 is 5.97 Å². The minimum absolute atomic E-state index is 0.0876. The van der Waals surface area contributed by atoms with Crippen molar-refractivity contribution < 1.29 is 14.2 Å². The number of esters is 1. The highest BCUT2D eigenvalue weighted by atomic mass is 31.0. The fourth-order valence-electron chi connectivity index (χ4n) is 1.05. The number of rotatable bonds is 7. The summed E-state index contributed by atoms with van der Waals surface area (Å²) in [6, 6.07) is 0. The van der Waals surface area contributed by atoms with Gasteiger partial charge in [0.15, 0.2) is 0 Å². The monoisotopic (exact) mass is 295 g/mol. The van der Waals surface area contributed by atoms with E-state index in [1.54, 1.807) is 13.6 Å². The van der Waals surface area contributed by atoms with Crippen molar-refractivity contribution in [3.63, 3.8) is 0 Å². The van der Waals surface area contributed by atoms with Gasteiger partial charge in [0.2, 0.25) is 0 Å². The molecule has 3 nitrogen and oxygen atoms in total. The second kappa shape index (κ2) is 7.80. The lowest BCUT2D eigenvalue weighted by molar-refractivity contribution is -0.135. The van der Waals surface area contributed by atoms with E-state index in [1.807, 2.05) is 26.8 Å². The number of hydrogen-bond acceptors (Lipinski definition) is 3. The molecule has 0 saturated heterocycles. The number of methoxy groups -OCH3 is 1. The van der Waals surface area contributed by atoms with Crippen molar-refractivity contribution in [2.45, 2.75) is 45.4 Å². The first-order chi connectivity index (χ1) is 9.09. The topological polar surface area (TPSA) is 35.5 Å². The van der Waals surface area contributed by atoms with Crippen LogP contribution in [-0.2, 0) is 14.2 Å². The van der Waals surface area contributed by atoms with Crippen LogP contribution in [-0.4, -0.2) is 31.3 Å². The zero-order valence-electron chi connectivity index (χ0n) is 13.3. The average Bonchev–Trinajstić information content (AvgIpc) is 2.37. The van der Waals surface area contributed by atoms with Crippen LogP contribution in [0.3, 0.4) is 0 Å². The van der Waals surface area contributed by atoms with Crippen molar-refractivity contribution in [1.82, 2.24) is 0 Å². The maximum atomic E-state index is 11.5. The Kier molecular flexibility index (Phi) is 7.47. The molecule has 0 aliphatic rings. The van der Waals surface area contributed by atoms with Crippen LogP contribution in [0.2, 0.25) is 0 Å². The predicted molar refractivity (Wildman–Crippen MR) is 88.8 cm³/mol. The number of ether oxygens (including phenoxy) is 1. The highest BCUT2D eigenvalue weighted by molar-refractivity contribution is 7.19. The summed E-state index contributed by atoms with van der Waals surface area (Å²) < 4.78 is 10.5. The largest absolute Gasteiger partial charge is 0.465 e. The molecular formula is C15H25BO3P. The average molecular weight is 295 g/mol. The molecule has 0 bridgehead atoms. The van der Waals surface area contributed by atoms with Gasteiger partial charge in [0.1, 0.15) is 0 Å². The quantitative estimate of drug-likeness (QED) is 0.238. The van der Waals surface area contributed by atoms with Gasteiger partial charge in [-0.05, 0) is 20.8 Å². The van der Waals surface area contributed by atoms with E-state index in [4.69, 9.17) is 4.65 Å². The van der Waals surface area contributed by atoms with Crippen LogP contribution >= 0.6 is 9.24 Å². The molecule has 0 spiro atoms. The van der Waals surface area contributed by atoms with Crippen molar-refractivity contribution in [3.8, 4) is 0 Å². The number of carbonyl (C=O) groups is 1. The van der Waals surface area contributed by atoms with Gasteiger partial charge >= 0.3 is 13.5 Å². The highest BCUT2D eigenvalue weighted by Gasteiger charge is 2.33. The van der Waals surface area contributed by atoms with Gasteiger partial charge in [-0.25, -0.2) is 4.79 Å². The third kappa shape index (κ3) is 5.64. The Labute approximate surface area is 126 Å². The first-order valence-electron chi connectivity index (χ1n) is 6.47. The molecule has 1 unspecified atom stereocenters. The van der Waals surface area contributed by atoms with Crippen molar-refractivity contribution in [1.29, 1.82) is 0 Å². The molecule has 0 heterocycles. The van der Waals surface area contributed by atoms with Crippen molar-refractivity contribution in [2.24, 2.45) is 0 Å². The second-order valence-corrected chi connectivity index (χ2v) is 7.00. The summed E-state index contributed by atoms with van der Waals surface area (Å²) in [5.74, 6) is -0.418. The lowest BCUT2D eigenvalue weighted by atomic mass is 9.82. The van der Waals surface area contributed by atoms with Crippen LogP contribution < -0.4 is 0 Å². The summed E-state index contributed by atoms with van der Waals surface area (Å²) in [4.78, 5) is 11.5. The fourth-order valence-corrected chi connectivity index (χ4v) is 1.12. The van der Waals surface area contributed by atoms with E-state index in [1.165, 1.54) is 13.2 Å². The lowest BCUT2D eigenvalue weighted by Crippen LogP contribution is -2.43. The molecule has 0 amide bonds. The van der Waals surface area contributed by atoms with Crippen molar-refractivity contribution in [2.75, 3.05) is 7.11 Å². The number of hydrogen-bond donors (Lipinski definition) is 0. The van der Waals surface area contributed by atoms with Crippen molar-refractivity contribution >= 4 is 22.7 Å². The molecule has 0 fully saturated rings. The van der Waals surface area contributed by atoms with Crippen LogP contribution in [0.4, 0.5) is 0 Å². The molecule has 20 heavy (non-hydrogen) atoms. The predicted octanol–water partition coefficient (Wildman–Crippen LogP) is 3.24. The van der Waals surface area contributed by atoms with Crippen LogP contribution in [0.15, 0.2) is 35.9 Å². The third-order valence-corrected chi connectivity index (χ3v) is 4.03. The van der Waals surface area contributed by atoms with Gasteiger partial charge in [-0.15, -0.1) is 9.24 Å². The summed E-state index contributed by atoms with van der Waals surface area (Å²) in [7, 11) is 5.77. The molecular weight excluding hydrogens is 270 g/mol. The normalized spacial score (nSPS) is 13.9. The molecule has 5 heteroatoms. The van der Waals surface area contributed by atoms with Crippen molar-refractivity contribution in [3.05, 3.63) is 35.9 Å². The van der Waals surface area contributed by atoms with E-state index in [2.05, 4.69) is 34.4 Å². The Balaban J connectivity index is 4.96. The summed E-state index contributed by atoms with van der Waals surface area (Å²) in [6.07, 6.45) is 5.01. The lowest BCUT2D eigenvalue weighted by Gasteiger charge is -2.39. The van der Waals surface area contributed by atoms with Gasteiger partial charge in [0, 0.05) is 5.16 Å². The molecule has 0 saturated carbocycles. The first kappa shape index (κ1) is 19.1. The zero-order valence-corrected chi connectivity index (χ0v) is 14.5. The Morgan fingerprint density at radius 1 is 1.30 bits per heavy atom. The van der Waals surface area contributed by atoms with E-state index in [9.17, 15) is 4.79 Å². The molecule has 0 rings (SSSR count). The standard InChI is InChI=1S/C15H25BO3P/c1-8-11(13(17)18-7)10-12(9-2)16-19-14(3,4)15(5,6)20/h8-10H,1,20H2,2-7H3/b11-10+,12-9+. The van der Waals surface area contributed by atoms with Crippen LogP contribution in [0.1, 0.15) is 34.6 Å². The Bertz CT molecular complexity index is 417. The van der Waals surface area contributed by atoms with Crippen LogP contribution in [0.5, 0.6) is 0 Å². The Hall–Kier alpha value is -0.855. The third-order valence-electron chi connectivity index (χ3n) is 3.34. The molecule has 0 aromatic heterocycles. The second-order valence-electron chi connectivity index (χ2n) is 5.55. The first-order valence-corrected chi connectivity index (χ1v) is 7.05. The molecule has 0 N–H and O–H groups in total. The summed E-state index contributed by atoms with van der Waals surface area (Å²) >= 11 is 0. The summed E-state index contributed by atoms with van der Waals surface area (Å²) in [5.41, 5.74) is 0.815. The van der Waals surface area contributed by atoms with Gasteiger partial charge in [-0.1, -0.05) is 44.1 Å². The molecule has 1 atom stereocenters. The maximum absolute atomic E-state index is 11.5. The van der Waals surface area contributed by atoms with Gasteiger partial charge in [-0.2, -0.15) is 0 Å². The van der Waals surface area contributed by atoms with E-state index >= 15 is 0 Å². The maximum Gasteiger partial charge on any atom is 0.337 e. The molecule has 111 valence electrons. The Morgan fingerprint density at radius 2 is 1.85 bits per heavy atom. The summed E-state index contributed by atoms with van der Waals surface area (Å²) in [5, 5.41) is -0.0876. The van der Waals surface area contributed by atoms with Gasteiger partial charge < -0.3 is 9.39 Å². The Morgan fingerprint density at radius 3 is 2.20 bits per heavy atom. The van der Waals surface area contributed by atoms with E-state index in [-0.39, 0.29) is 10.8 Å². The SMILES string of the molecule is C=C/C(=C\C([B]OC(C)(C)C(C)(C)P)=C/C)C(=O)OC. The van der Waals surface area contributed by atoms with Gasteiger partial charge in [-0.3, -0.25) is 0 Å². The molecule has 0 aromatic rings. The zero-order chi connectivity index (χ0) is 16.0. The molecule has 1 radical (unpaired) electrons. The van der Waals surface area contributed by atoms with E-state index in [0.717, 1.165) is 5.47 Å². The van der Waals surface area contributed by atoms with Crippen LogP contribution in [0.25, 0.3) is 0 Å². The highest BCUT2D eigenvalue weighted by Crippen LogP contribution is 2.33. The smallest absolute Gasteiger partial charge is 0.337 e. The minimum Gasteiger partial charge on any atom is -0.465 e. The number of carbonyl (C=O) groups excluding carboxylic acids is 1. The fraction of sp³-hybridized carbons (Fsp3) is 0.533. The van der Waals surface area contributed by atoms with Gasteiger partial charge in [0.05, 0.1) is 18.3 Å². The molecule has 0 aliphatic heterocycles. The number of allylic oxidation sites excluding steroid dienone is 3. The minimum atomic E-state index is -0.418. The van der Waals surface area contributed by atoms with Gasteiger partial charge in [0.25, 0.3) is 0 Å². The van der Waals surface area contributed by atoms with Crippen LogP contribution in [0, 0.1) is 0 Å². The molecule has 0 aromatic carbocycles. The van der Waals surface area contributed by atoms with E-state index in [0.29, 0.717) is 5.57 Å². The molecule has 0 aliphatic carbocycles. The summed E-state index contributed by atoms with van der Waals surface area (Å²) in [6.45, 7) is 13.7.